The second kappa shape index (κ2) is 7.73. The number of rotatable bonds is 7. The molecule has 0 radical (unpaired) electrons. The summed E-state index contributed by atoms with van der Waals surface area (Å²) in [6.45, 7) is 4.62. The van der Waals surface area contributed by atoms with Crippen LogP contribution in [0.3, 0.4) is 0 Å². The summed E-state index contributed by atoms with van der Waals surface area (Å²) in [5.74, 6) is 0.277. The Bertz CT molecular complexity index is 558. The van der Waals surface area contributed by atoms with Gasteiger partial charge in [-0.1, -0.05) is 55.3 Å². The molecule has 0 bridgehead atoms. The van der Waals surface area contributed by atoms with Crippen molar-refractivity contribution in [3.05, 3.63) is 39.9 Å². The van der Waals surface area contributed by atoms with Crippen molar-refractivity contribution in [2.24, 2.45) is 5.92 Å². The molecule has 2 rings (SSSR count). The zero-order valence-electron chi connectivity index (χ0n) is 12.2. The van der Waals surface area contributed by atoms with Gasteiger partial charge in [-0.3, -0.25) is 0 Å². The van der Waals surface area contributed by atoms with Gasteiger partial charge in [0.25, 0.3) is 0 Å². The lowest BCUT2D eigenvalue weighted by Gasteiger charge is -2.16. The molecule has 0 saturated heterocycles. The average molecular weight is 326 g/mol. The lowest BCUT2D eigenvalue weighted by atomic mass is 10.0. The van der Waals surface area contributed by atoms with Crippen LogP contribution in [-0.4, -0.2) is 28.0 Å². The smallest absolute Gasteiger partial charge is 0.205 e. The highest BCUT2D eigenvalue weighted by Crippen LogP contribution is 2.20. The minimum Gasteiger partial charge on any atom is -0.391 e. The van der Waals surface area contributed by atoms with Gasteiger partial charge >= 0.3 is 0 Å². The second-order valence-corrected chi connectivity index (χ2v) is 6.64. The number of aromatic nitrogens is 2. The van der Waals surface area contributed by atoms with Crippen LogP contribution in [0, 0.1) is 5.92 Å². The zero-order valence-corrected chi connectivity index (χ0v) is 13.8. The van der Waals surface area contributed by atoms with Gasteiger partial charge in [0, 0.05) is 18.0 Å². The van der Waals surface area contributed by atoms with Crippen LogP contribution in [0.1, 0.15) is 30.8 Å². The fourth-order valence-corrected chi connectivity index (χ4v) is 2.75. The highest BCUT2D eigenvalue weighted by atomic mass is 35.5. The summed E-state index contributed by atoms with van der Waals surface area (Å²) in [6, 6.07) is 7.73. The van der Waals surface area contributed by atoms with Gasteiger partial charge in [0.05, 0.1) is 6.10 Å². The number of nitrogens with one attached hydrogen (secondary N) is 1. The number of nitrogens with zero attached hydrogens (tertiary/aromatic N) is 2. The molecule has 1 aromatic heterocycles. The fraction of sp³-hybridized carbons (Fsp3) is 0.467. The van der Waals surface area contributed by atoms with Crippen molar-refractivity contribution in [2.45, 2.75) is 32.8 Å². The molecule has 4 nitrogen and oxygen atoms in total. The van der Waals surface area contributed by atoms with E-state index in [0.717, 1.165) is 33.6 Å². The van der Waals surface area contributed by atoms with E-state index in [0.29, 0.717) is 6.54 Å². The highest BCUT2D eigenvalue weighted by molar-refractivity contribution is 7.15. The number of benzene rings is 1. The van der Waals surface area contributed by atoms with Crippen LogP contribution in [-0.2, 0) is 6.42 Å². The molecule has 0 spiro atoms. The Kier molecular flexibility index (Phi) is 5.96. The average Bonchev–Trinajstić information content (AvgIpc) is 2.94. The molecule has 0 amide bonds. The van der Waals surface area contributed by atoms with Crippen LogP contribution in [0.2, 0.25) is 5.02 Å². The lowest BCUT2D eigenvalue weighted by Crippen LogP contribution is -2.26. The summed E-state index contributed by atoms with van der Waals surface area (Å²) in [4.78, 5) is 0. The van der Waals surface area contributed by atoms with Gasteiger partial charge in [-0.25, -0.2) is 0 Å². The first-order valence-electron chi connectivity index (χ1n) is 7.07. The molecular formula is C15H20ClN3OS. The lowest BCUT2D eigenvalue weighted by molar-refractivity contribution is 0.126. The monoisotopic (exact) mass is 325 g/mol. The van der Waals surface area contributed by atoms with Gasteiger partial charge in [-0.2, -0.15) is 0 Å². The highest BCUT2D eigenvalue weighted by Gasteiger charge is 2.13. The number of aliphatic hydroxyl groups excluding tert-OH is 1. The summed E-state index contributed by atoms with van der Waals surface area (Å²) < 4.78 is 0. The van der Waals surface area contributed by atoms with E-state index in [4.69, 9.17) is 11.6 Å². The normalized spacial score (nSPS) is 13.9. The van der Waals surface area contributed by atoms with Crippen molar-refractivity contribution in [3.8, 4) is 0 Å². The first kappa shape index (κ1) is 16.2. The number of hydrogen-bond donors (Lipinski definition) is 2. The molecule has 0 aliphatic rings. The van der Waals surface area contributed by atoms with Gasteiger partial charge in [0.1, 0.15) is 5.01 Å². The Morgan fingerprint density at radius 2 is 2.00 bits per heavy atom. The molecule has 2 aromatic rings. The van der Waals surface area contributed by atoms with E-state index in [9.17, 15) is 5.11 Å². The maximum atomic E-state index is 9.93. The number of halogens is 1. The summed E-state index contributed by atoms with van der Waals surface area (Å²) >= 11 is 7.38. The third-order valence-electron chi connectivity index (χ3n) is 3.50. The van der Waals surface area contributed by atoms with E-state index >= 15 is 0 Å². The number of aliphatic hydroxyl groups is 1. The number of anilines is 1. The van der Waals surface area contributed by atoms with E-state index in [1.165, 1.54) is 11.3 Å². The molecule has 2 atom stereocenters. The Balaban J connectivity index is 1.88. The molecule has 1 aromatic carbocycles. The predicted molar refractivity (Wildman–Crippen MR) is 88.1 cm³/mol. The molecule has 2 unspecified atom stereocenters. The molecule has 6 heteroatoms. The van der Waals surface area contributed by atoms with E-state index in [1.54, 1.807) is 0 Å². The predicted octanol–water partition coefficient (Wildman–Crippen LogP) is 3.60. The molecule has 0 aliphatic heterocycles. The maximum Gasteiger partial charge on any atom is 0.205 e. The van der Waals surface area contributed by atoms with Crippen molar-refractivity contribution < 1.29 is 5.11 Å². The fourth-order valence-electron chi connectivity index (χ4n) is 1.84. The van der Waals surface area contributed by atoms with Crippen LogP contribution in [0.15, 0.2) is 24.3 Å². The van der Waals surface area contributed by atoms with Crippen molar-refractivity contribution in [2.75, 3.05) is 11.9 Å². The summed E-state index contributed by atoms with van der Waals surface area (Å²) in [5, 5.41) is 23.8. The maximum absolute atomic E-state index is 9.93. The van der Waals surface area contributed by atoms with E-state index in [2.05, 4.69) is 22.4 Å². The van der Waals surface area contributed by atoms with Gasteiger partial charge in [-0.05, 0) is 23.6 Å². The molecule has 2 N–H and O–H groups in total. The standard InChI is InChI=1S/C15H20ClN3OS/c1-3-10(2)13(20)9-17-15-19-18-14(21-15)8-11-4-6-12(16)7-5-11/h4-7,10,13,20H,3,8-9H2,1-2H3,(H,17,19). The Morgan fingerprint density at radius 3 is 2.67 bits per heavy atom. The largest absolute Gasteiger partial charge is 0.391 e. The van der Waals surface area contributed by atoms with Crippen molar-refractivity contribution in [1.29, 1.82) is 0 Å². The quantitative estimate of drug-likeness (QED) is 0.816. The number of hydrogen-bond acceptors (Lipinski definition) is 5. The van der Waals surface area contributed by atoms with Crippen molar-refractivity contribution >= 4 is 28.1 Å². The van der Waals surface area contributed by atoms with Crippen LogP contribution < -0.4 is 5.32 Å². The van der Waals surface area contributed by atoms with E-state index < -0.39 is 0 Å². The third-order valence-corrected chi connectivity index (χ3v) is 4.63. The van der Waals surface area contributed by atoms with E-state index in [1.807, 2.05) is 31.2 Å². The van der Waals surface area contributed by atoms with Crippen LogP contribution in [0.25, 0.3) is 0 Å². The molecule has 0 saturated carbocycles. The molecule has 1 heterocycles. The SMILES string of the molecule is CCC(C)C(O)CNc1nnc(Cc2ccc(Cl)cc2)s1. The van der Waals surface area contributed by atoms with Gasteiger partial charge in [0.2, 0.25) is 5.13 Å². The first-order chi connectivity index (χ1) is 10.1. The molecule has 21 heavy (non-hydrogen) atoms. The minimum absolute atomic E-state index is 0.277. The molecule has 0 fully saturated rings. The molecular weight excluding hydrogens is 306 g/mol. The van der Waals surface area contributed by atoms with Crippen LogP contribution >= 0.6 is 22.9 Å². The third kappa shape index (κ3) is 4.95. The topological polar surface area (TPSA) is 58.0 Å². The summed E-state index contributed by atoms with van der Waals surface area (Å²) in [7, 11) is 0. The van der Waals surface area contributed by atoms with Crippen molar-refractivity contribution in [3.63, 3.8) is 0 Å². The zero-order chi connectivity index (χ0) is 15.2. The van der Waals surface area contributed by atoms with Gasteiger partial charge < -0.3 is 10.4 Å². The van der Waals surface area contributed by atoms with Gasteiger partial charge in [0.15, 0.2) is 0 Å². The first-order valence-corrected chi connectivity index (χ1v) is 8.26. The molecule has 114 valence electrons. The molecule has 0 aliphatic carbocycles. The van der Waals surface area contributed by atoms with Crippen LogP contribution in [0.5, 0.6) is 0 Å². The minimum atomic E-state index is -0.362. The van der Waals surface area contributed by atoms with Crippen LogP contribution in [0.4, 0.5) is 5.13 Å². The van der Waals surface area contributed by atoms with E-state index in [-0.39, 0.29) is 12.0 Å². The van der Waals surface area contributed by atoms with Gasteiger partial charge in [-0.15, -0.1) is 10.2 Å². The Labute approximate surface area is 134 Å². The Hall–Kier alpha value is -1.17. The van der Waals surface area contributed by atoms with Crippen molar-refractivity contribution in [1.82, 2.24) is 10.2 Å². The Morgan fingerprint density at radius 1 is 1.29 bits per heavy atom. The second-order valence-electron chi connectivity index (χ2n) is 5.14. The summed E-state index contributed by atoms with van der Waals surface area (Å²) in [5.41, 5.74) is 1.15. The summed E-state index contributed by atoms with van der Waals surface area (Å²) in [6.07, 6.45) is 1.34.